The molecule has 0 N–H and O–H groups in total. The maximum Gasteiger partial charge on any atom is 0.157 e. The minimum atomic E-state index is -1.25. The lowest BCUT2D eigenvalue weighted by Gasteiger charge is -2.08. The SMILES string of the molecule is CCc1cc2c(Br)cncc2n1S(=O)c1ccccc1. The fourth-order valence-electron chi connectivity index (χ4n) is 2.20. The number of aromatic nitrogens is 2. The van der Waals surface area contributed by atoms with Crippen LogP contribution in [0.3, 0.4) is 0 Å². The number of halogens is 1. The van der Waals surface area contributed by atoms with Gasteiger partial charge in [-0.2, -0.15) is 0 Å². The van der Waals surface area contributed by atoms with Crippen LogP contribution in [0.1, 0.15) is 12.6 Å². The molecule has 0 aliphatic carbocycles. The van der Waals surface area contributed by atoms with Crippen LogP contribution >= 0.6 is 15.9 Å². The van der Waals surface area contributed by atoms with Crippen molar-refractivity contribution in [3.05, 3.63) is 59.0 Å². The Morgan fingerprint density at radius 3 is 2.70 bits per heavy atom. The van der Waals surface area contributed by atoms with Crippen LogP contribution < -0.4 is 0 Å². The summed E-state index contributed by atoms with van der Waals surface area (Å²) in [5.41, 5.74) is 1.93. The number of fused-ring (bicyclic) bond motifs is 1. The third-order valence-corrected chi connectivity index (χ3v) is 5.25. The molecule has 20 heavy (non-hydrogen) atoms. The largest absolute Gasteiger partial charge is 0.261 e. The summed E-state index contributed by atoms with van der Waals surface area (Å²) in [4.78, 5) is 4.99. The standard InChI is InChI=1S/C15H13BrN2OS/c1-2-11-8-13-14(16)9-17-10-15(13)18(11)20(19)12-6-4-3-5-7-12/h3-10H,2H2,1H3. The molecule has 0 spiro atoms. The highest BCUT2D eigenvalue weighted by molar-refractivity contribution is 9.10. The molecule has 0 amide bonds. The highest BCUT2D eigenvalue weighted by Gasteiger charge is 2.16. The van der Waals surface area contributed by atoms with Gasteiger partial charge in [0.25, 0.3) is 0 Å². The third-order valence-electron chi connectivity index (χ3n) is 3.18. The second-order valence-corrected chi connectivity index (χ2v) is 6.59. The topological polar surface area (TPSA) is 34.9 Å². The van der Waals surface area contributed by atoms with E-state index in [0.717, 1.165) is 32.4 Å². The number of benzene rings is 1. The fraction of sp³-hybridized carbons (Fsp3) is 0.133. The van der Waals surface area contributed by atoms with Crippen molar-refractivity contribution in [2.24, 2.45) is 0 Å². The minimum absolute atomic E-state index is 0.791. The number of rotatable bonds is 3. The summed E-state index contributed by atoms with van der Waals surface area (Å²) in [6.45, 7) is 2.06. The van der Waals surface area contributed by atoms with Crippen LogP contribution in [0.4, 0.5) is 0 Å². The normalized spacial score (nSPS) is 12.7. The van der Waals surface area contributed by atoms with Gasteiger partial charge in [-0.05, 0) is 40.5 Å². The van der Waals surface area contributed by atoms with Crippen molar-refractivity contribution >= 4 is 37.8 Å². The third kappa shape index (κ3) is 2.21. The predicted molar refractivity (Wildman–Crippen MR) is 85.1 cm³/mol. The number of aryl methyl sites for hydroxylation is 1. The molecule has 0 saturated carbocycles. The van der Waals surface area contributed by atoms with Crippen molar-refractivity contribution in [1.82, 2.24) is 8.96 Å². The van der Waals surface area contributed by atoms with E-state index in [4.69, 9.17) is 0 Å². The van der Waals surface area contributed by atoms with Gasteiger partial charge < -0.3 is 0 Å². The Kier molecular flexibility index (Phi) is 3.72. The molecular weight excluding hydrogens is 336 g/mol. The molecule has 0 aliphatic heterocycles. The van der Waals surface area contributed by atoms with E-state index in [1.807, 2.05) is 34.3 Å². The summed E-state index contributed by atoms with van der Waals surface area (Å²) in [6.07, 6.45) is 4.34. The van der Waals surface area contributed by atoms with Gasteiger partial charge in [-0.15, -0.1) is 0 Å². The van der Waals surface area contributed by atoms with E-state index in [0.29, 0.717) is 0 Å². The lowest BCUT2D eigenvalue weighted by atomic mass is 10.3. The van der Waals surface area contributed by atoms with Gasteiger partial charge in [-0.1, -0.05) is 25.1 Å². The van der Waals surface area contributed by atoms with Crippen LogP contribution in [0.5, 0.6) is 0 Å². The van der Waals surface area contributed by atoms with Gasteiger partial charge >= 0.3 is 0 Å². The van der Waals surface area contributed by atoms with Crippen molar-refractivity contribution < 1.29 is 4.21 Å². The number of hydrogen-bond acceptors (Lipinski definition) is 2. The van der Waals surface area contributed by atoms with Gasteiger partial charge in [-0.25, -0.2) is 4.21 Å². The van der Waals surface area contributed by atoms with E-state index in [-0.39, 0.29) is 0 Å². The molecule has 0 saturated heterocycles. The van der Waals surface area contributed by atoms with Gasteiger partial charge in [0.2, 0.25) is 0 Å². The molecule has 2 aromatic heterocycles. The first-order valence-corrected chi connectivity index (χ1v) is 8.23. The van der Waals surface area contributed by atoms with Crippen LogP contribution in [-0.2, 0) is 17.4 Å². The van der Waals surface area contributed by atoms with Crippen molar-refractivity contribution in [3.8, 4) is 0 Å². The van der Waals surface area contributed by atoms with Crippen LogP contribution in [0.25, 0.3) is 10.9 Å². The quantitative estimate of drug-likeness (QED) is 0.718. The zero-order valence-electron chi connectivity index (χ0n) is 10.9. The molecule has 0 bridgehead atoms. The Balaban J connectivity index is 2.25. The van der Waals surface area contributed by atoms with Crippen LogP contribution in [0, 0.1) is 0 Å². The Morgan fingerprint density at radius 1 is 1.25 bits per heavy atom. The van der Waals surface area contributed by atoms with E-state index in [2.05, 4.69) is 33.9 Å². The maximum absolute atomic E-state index is 12.8. The predicted octanol–water partition coefficient (Wildman–Crippen LogP) is 3.93. The summed E-state index contributed by atoms with van der Waals surface area (Å²) in [6, 6.07) is 11.6. The van der Waals surface area contributed by atoms with E-state index in [1.165, 1.54) is 0 Å². The molecule has 0 radical (unpaired) electrons. The molecule has 1 atom stereocenters. The highest BCUT2D eigenvalue weighted by Crippen LogP contribution is 2.28. The molecule has 1 unspecified atom stereocenters. The first-order chi connectivity index (χ1) is 9.72. The molecular formula is C15H13BrN2OS. The number of nitrogens with zero attached hydrogens (tertiary/aromatic N) is 2. The second kappa shape index (κ2) is 5.50. The van der Waals surface area contributed by atoms with Gasteiger partial charge in [0.05, 0.1) is 16.6 Å². The Hall–Kier alpha value is -1.46. The summed E-state index contributed by atoms with van der Waals surface area (Å²) >= 11 is 3.50. The Labute approximate surface area is 128 Å². The molecule has 1 aromatic carbocycles. The number of hydrogen-bond donors (Lipinski definition) is 0. The molecule has 3 aromatic rings. The molecule has 3 rings (SSSR count). The fourth-order valence-corrected chi connectivity index (χ4v) is 3.96. The van der Waals surface area contributed by atoms with E-state index >= 15 is 0 Å². The summed E-state index contributed by atoms with van der Waals surface area (Å²) in [5, 5.41) is 1.04. The first kappa shape index (κ1) is 13.5. The van der Waals surface area contributed by atoms with E-state index in [9.17, 15) is 4.21 Å². The Bertz CT molecular complexity index is 783. The molecule has 5 heteroatoms. The van der Waals surface area contributed by atoms with E-state index < -0.39 is 11.0 Å². The van der Waals surface area contributed by atoms with E-state index in [1.54, 1.807) is 12.4 Å². The molecule has 0 fully saturated rings. The van der Waals surface area contributed by atoms with Crippen LogP contribution in [0.15, 0.2) is 58.2 Å². The van der Waals surface area contributed by atoms with Gasteiger partial charge in [0.15, 0.2) is 11.0 Å². The van der Waals surface area contributed by atoms with Crippen molar-refractivity contribution in [2.75, 3.05) is 0 Å². The minimum Gasteiger partial charge on any atom is -0.261 e. The summed E-state index contributed by atoms with van der Waals surface area (Å²) < 4.78 is 15.6. The average molecular weight is 349 g/mol. The molecule has 3 nitrogen and oxygen atoms in total. The summed E-state index contributed by atoms with van der Waals surface area (Å²) in [5.74, 6) is 0. The van der Waals surface area contributed by atoms with Crippen LogP contribution in [0.2, 0.25) is 0 Å². The average Bonchev–Trinajstić information content (AvgIpc) is 2.87. The lowest BCUT2D eigenvalue weighted by Crippen LogP contribution is -2.08. The zero-order chi connectivity index (χ0) is 14.1. The van der Waals surface area contributed by atoms with Crippen molar-refractivity contribution in [2.45, 2.75) is 18.2 Å². The zero-order valence-corrected chi connectivity index (χ0v) is 13.3. The second-order valence-electron chi connectivity index (χ2n) is 4.40. The molecule has 0 aliphatic rings. The van der Waals surface area contributed by atoms with Crippen molar-refractivity contribution in [3.63, 3.8) is 0 Å². The molecule has 2 heterocycles. The van der Waals surface area contributed by atoms with Crippen molar-refractivity contribution in [1.29, 1.82) is 0 Å². The molecule has 102 valence electrons. The van der Waals surface area contributed by atoms with Gasteiger partial charge in [-0.3, -0.25) is 8.96 Å². The first-order valence-electron chi connectivity index (χ1n) is 6.33. The summed E-state index contributed by atoms with van der Waals surface area (Å²) in [7, 11) is -1.25. The van der Waals surface area contributed by atoms with Gasteiger partial charge in [0.1, 0.15) is 0 Å². The lowest BCUT2D eigenvalue weighted by molar-refractivity contribution is 0.677. The highest BCUT2D eigenvalue weighted by atomic mass is 79.9. The monoisotopic (exact) mass is 348 g/mol. The maximum atomic E-state index is 12.8. The Morgan fingerprint density at radius 2 is 2.00 bits per heavy atom. The number of pyridine rings is 1. The van der Waals surface area contributed by atoms with Gasteiger partial charge in [0, 0.05) is 21.7 Å². The van der Waals surface area contributed by atoms with Crippen LogP contribution in [-0.4, -0.2) is 13.2 Å². The smallest absolute Gasteiger partial charge is 0.157 e.